The molecule has 0 saturated carbocycles. The van der Waals surface area contributed by atoms with E-state index in [4.69, 9.17) is 0 Å². The molecular weight excluding hydrogens is 937 g/mol. The first kappa shape index (κ1) is 42.9. The van der Waals surface area contributed by atoms with E-state index in [0.717, 1.165) is 33.9 Å². The van der Waals surface area contributed by atoms with Crippen molar-refractivity contribution in [3.8, 4) is 61.3 Å². The lowest BCUT2D eigenvalue weighted by atomic mass is 9.70. The standard InChI is InChI=1S/C73H46N2S/c1-3-19-47(20-4-1)48-21-17-24-53(42-48)74(54-38-39-68-63(46-54)59-27-9-14-34-67(59)73(68)65-32-12-7-25-57(65)58-26-8-13-33-66(58)73)55-43-50(41-51(44-55)56-30-18-31-62-61-29-11-16-36-71(61)76-72(56)62)49-37-40-70-64(45-49)60-28-10-15-35-69(60)75(70)52-22-5-2-6-23-52/h1-46H. The largest absolute Gasteiger partial charge is 0.310 e. The molecule has 1 spiro atoms. The van der Waals surface area contributed by atoms with Crippen molar-refractivity contribution in [3.63, 3.8) is 0 Å². The summed E-state index contributed by atoms with van der Waals surface area (Å²) in [6.07, 6.45) is 0. The molecule has 0 aliphatic heterocycles. The van der Waals surface area contributed by atoms with Gasteiger partial charge in [0, 0.05) is 53.7 Å². The first-order valence-corrected chi connectivity index (χ1v) is 27.0. The molecule has 76 heavy (non-hydrogen) atoms. The van der Waals surface area contributed by atoms with Gasteiger partial charge in [-0.25, -0.2) is 0 Å². The molecule has 16 rings (SSSR count). The smallest absolute Gasteiger partial charge is 0.0725 e. The van der Waals surface area contributed by atoms with Gasteiger partial charge in [0.25, 0.3) is 0 Å². The fourth-order valence-corrected chi connectivity index (χ4v) is 14.4. The summed E-state index contributed by atoms with van der Waals surface area (Å²) in [6, 6.07) is 104. The van der Waals surface area contributed by atoms with Crippen LogP contribution in [0.15, 0.2) is 279 Å². The Morgan fingerprint density at radius 1 is 0.289 bits per heavy atom. The van der Waals surface area contributed by atoms with Crippen molar-refractivity contribution in [2.24, 2.45) is 0 Å². The summed E-state index contributed by atoms with van der Waals surface area (Å²) >= 11 is 1.89. The molecule has 2 aliphatic rings. The molecule has 14 aromatic rings. The van der Waals surface area contributed by atoms with Crippen LogP contribution in [-0.2, 0) is 5.41 Å². The number of benzene rings is 12. The van der Waals surface area contributed by atoms with Crippen molar-refractivity contribution in [1.29, 1.82) is 0 Å². The third kappa shape index (κ3) is 6.27. The van der Waals surface area contributed by atoms with Gasteiger partial charge < -0.3 is 9.47 Å². The second kappa shape index (κ2) is 16.7. The molecule has 2 aliphatic carbocycles. The van der Waals surface area contributed by atoms with Crippen molar-refractivity contribution >= 4 is 70.4 Å². The van der Waals surface area contributed by atoms with E-state index in [0.29, 0.717) is 0 Å². The van der Waals surface area contributed by atoms with Crippen molar-refractivity contribution in [2.75, 3.05) is 4.90 Å². The lowest BCUT2D eigenvalue weighted by Gasteiger charge is -2.31. The molecular formula is C73H46N2S. The van der Waals surface area contributed by atoms with Crippen LogP contribution in [0.4, 0.5) is 17.1 Å². The van der Waals surface area contributed by atoms with Gasteiger partial charge in [0.2, 0.25) is 0 Å². The Morgan fingerprint density at radius 3 is 1.61 bits per heavy atom. The Labute approximate surface area is 445 Å². The minimum atomic E-state index is -0.437. The predicted octanol–water partition coefficient (Wildman–Crippen LogP) is 20.0. The van der Waals surface area contributed by atoms with E-state index >= 15 is 0 Å². The molecule has 12 aromatic carbocycles. The summed E-state index contributed by atoms with van der Waals surface area (Å²) in [6.45, 7) is 0. The van der Waals surface area contributed by atoms with E-state index in [1.807, 2.05) is 11.3 Å². The molecule has 0 amide bonds. The zero-order chi connectivity index (χ0) is 49.9. The number of hydrogen-bond donors (Lipinski definition) is 0. The lowest BCUT2D eigenvalue weighted by Crippen LogP contribution is -2.25. The van der Waals surface area contributed by atoms with Gasteiger partial charge in [0.1, 0.15) is 0 Å². The van der Waals surface area contributed by atoms with Gasteiger partial charge in [0.15, 0.2) is 0 Å². The van der Waals surface area contributed by atoms with Crippen LogP contribution in [0.3, 0.4) is 0 Å². The molecule has 0 unspecified atom stereocenters. The number of anilines is 3. The maximum absolute atomic E-state index is 2.51. The lowest BCUT2D eigenvalue weighted by molar-refractivity contribution is 0.794. The Kier molecular flexibility index (Phi) is 9.45. The summed E-state index contributed by atoms with van der Waals surface area (Å²) in [5.74, 6) is 0. The maximum Gasteiger partial charge on any atom is 0.0725 e. The number of thiophene rings is 1. The van der Waals surface area contributed by atoms with E-state index in [9.17, 15) is 0 Å². The van der Waals surface area contributed by atoms with Crippen molar-refractivity contribution < 1.29 is 0 Å². The quantitative estimate of drug-likeness (QED) is 0.154. The highest BCUT2D eigenvalue weighted by Gasteiger charge is 2.51. The van der Waals surface area contributed by atoms with Gasteiger partial charge in [0.05, 0.1) is 16.4 Å². The van der Waals surface area contributed by atoms with E-state index in [2.05, 4.69) is 289 Å². The monoisotopic (exact) mass is 982 g/mol. The Morgan fingerprint density at radius 2 is 0.829 bits per heavy atom. The van der Waals surface area contributed by atoms with Gasteiger partial charge in [-0.05, 0) is 157 Å². The molecule has 2 heterocycles. The average Bonchev–Trinajstić information content (AvgIpc) is 4.42. The zero-order valence-corrected chi connectivity index (χ0v) is 42.2. The molecule has 0 saturated heterocycles. The third-order valence-electron chi connectivity index (χ3n) is 16.4. The molecule has 0 N–H and O–H groups in total. The van der Waals surface area contributed by atoms with Crippen LogP contribution in [0, 0.1) is 0 Å². The molecule has 0 atom stereocenters. The highest BCUT2D eigenvalue weighted by molar-refractivity contribution is 7.26. The summed E-state index contributed by atoms with van der Waals surface area (Å²) in [4.78, 5) is 2.51. The first-order chi connectivity index (χ1) is 37.7. The second-order valence-corrected chi connectivity index (χ2v) is 21.4. The van der Waals surface area contributed by atoms with Crippen molar-refractivity contribution in [1.82, 2.24) is 4.57 Å². The molecule has 2 aromatic heterocycles. The zero-order valence-electron chi connectivity index (χ0n) is 41.4. The summed E-state index contributed by atoms with van der Waals surface area (Å²) < 4.78 is 4.99. The van der Waals surface area contributed by atoms with Crippen LogP contribution in [0.1, 0.15) is 22.3 Å². The number of rotatable bonds is 7. The van der Waals surface area contributed by atoms with Crippen LogP contribution >= 0.6 is 11.3 Å². The topological polar surface area (TPSA) is 8.17 Å². The fraction of sp³-hybridized carbons (Fsp3) is 0.0137. The fourth-order valence-electron chi connectivity index (χ4n) is 13.2. The van der Waals surface area contributed by atoms with Gasteiger partial charge >= 0.3 is 0 Å². The van der Waals surface area contributed by atoms with E-state index in [1.54, 1.807) is 0 Å². The second-order valence-electron chi connectivity index (χ2n) is 20.3. The van der Waals surface area contributed by atoms with Crippen LogP contribution in [-0.4, -0.2) is 4.57 Å². The molecule has 0 radical (unpaired) electrons. The first-order valence-electron chi connectivity index (χ1n) is 26.2. The Bertz CT molecular complexity index is 4610. The Balaban J connectivity index is 0.964. The highest BCUT2D eigenvalue weighted by Crippen LogP contribution is 2.63. The number of aromatic nitrogens is 1. The summed E-state index contributed by atoms with van der Waals surface area (Å²) in [5, 5.41) is 5.04. The van der Waals surface area contributed by atoms with E-state index in [1.165, 1.54) is 109 Å². The minimum absolute atomic E-state index is 0.437. The molecule has 354 valence electrons. The summed E-state index contributed by atoms with van der Waals surface area (Å²) in [7, 11) is 0. The normalized spacial score (nSPS) is 12.8. The van der Waals surface area contributed by atoms with E-state index < -0.39 is 5.41 Å². The van der Waals surface area contributed by atoms with Crippen molar-refractivity contribution in [2.45, 2.75) is 5.41 Å². The average molecular weight is 983 g/mol. The highest BCUT2D eigenvalue weighted by atomic mass is 32.1. The van der Waals surface area contributed by atoms with E-state index in [-0.39, 0.29) is 0 Å². The van der Waals surface area contributed by atoms with Crippen molar-refractivity contribution in [3.05, 3.63) is 301 Å². The van der Waals surface area contributed by atoms with Gasteiger partial charge in [-0.3, -0.25) is 0 Å². The van der Waals surface area contributed by atoms with Crippen LogP contribution in [0.5, 0.6) is 0 Å². The van der Waals surface area contributed by atoms with Crippen LogP contribution in [0.25, 0.3) is 103 Å². The molecule has 0 fully saturated rings. The maximum atomic E-state index is 2.51. The summed E-state index contributed by atoms with van der Waals surface area (Å²) in [5.41, 5.74) is 23.9. The number of hydrogen-bond acceptors (Lipinski definition) is 2. The Hall–Kier alpha value is -9.54. The molecule has 2 nitrogen and oxygen atoms in total. The molecule has 3 heteroatoms. The van der Waals surface area contributed by atoms with Gasteiger partial charge in [-0.15, -0.1) is 11.3 Å². The van der Waals surface area contributed by atoms with Crippen LogP contribution < -0.4 is 4.90 Å². The third-order valence-corrected chi connectivity index (χ3v) is 17.6. The van der Waals surface area contributed by atoms with Crippen LogP contribution in [0.2, 0.25) is 0 Å². The SMILES string of the molecule is c1ccc(-c2cccc(N(c3cc(-c4ccc5c(c4)c4ccccc4n5-c4ccccc4)cc(-c4cccc5c4sc4ccccc45)c3)c3ccc4c(c3)-c3ccccc3C43c4ccccc4-c4ccccc43)c2)cc1. The number of nitrogens with zero attached hydrogens (tertiary/aromatic N) is 2. The molecule has 0 bridgehead atoms. The predicted molar refractivity (Wildman–Crippen MR) is 321 cm³/mol. The number of para-hydroxylation sites is 2. The number of fused-ring (bicyclic) bond motifs is 16. The van der Waals surface area contributed by atoms with Gasteiger partial charge in [-0.2, -0.15) is 0 Å². The van der Waals surface area contributed by atoms with Gasteiger partial charge in [-0.1, -0.05) is 200 Å². The minimum Gasteiger partial charge on any atom is -0.310 e.